The molecule has 2 heterocycles. The summed E-state index contributed by atoms with van der Waals surface area (Å²) in [5.74, 6) is 1.08. The first-order valence-electron chi connectivity index (χ1n) is 6.16. The fraction of sp³-hybridized carbons (Fsp3) is 0.583. The standard InChI is InChI=1S/C12H17BrN4O/c1-2-10(13)12(18)17-7-5-16(6-8-17)11-9-14-3-4-15-11/h3-4,9-10H,2,5-8H2,1H3. The fourth-order valence-corrected chi connectivity index (χ4v) is 2.27. The van der Waals surface area contributed by atoms with E-state index in [9.17, 15) is 4.79 Å². The van der Waals surface area contributed by atoms with Gasteiger partial charge in [-0.05, 0) is 6.42 Å². The zero-order chi connectivity index (χ0) is 13.0. The van der Waals surface area contributed by atoms with Crippen LogP contribution in [0.2, 0.25) is 0 Å². The molecule has 1 amide bonds. The van der Waals surface area contributed by atoms with Crippen LogP contribution in [-0.2, 0) is 4.79 Å². The summed E-state index contributed by atoms with van der Waals surface area (Å²) in [5, 5.41) is 0. The molecule has 0 radical (unpaired) electrons. The van der Waals surface area contributed by atoms with Crippen molar-refractivity contribution in [2.75, 3.05) is 31.1 Å². The maximum absolute atomic E-state index is 12.0. The third-order valence-corrected chi connectivity index (χ3v) is 4.13. The molecule has 98 valence electrons. The maximum Gasteiger partial charge on any atom is 0.236 e. The Hall–Kier alpha value is -1.17. The first-order valence-corrected chi connectivity index (χ1v) is 7.07. The van der Waals surface area contributed by atoms with Gasteiger partial charge in [0.15, 0.2) is 0 Å². The minimum atomic E-state index is -0.0550. The monoisotopic (exact) mass is 312 g/mol. The predicted molar refractivity (Wildman–Crippen MR) is 73.8 cm³/mol. The van der Waals surface area contributed by atoms with Gasteiger partial charge in [-0.25, -0.2) is 4.98 Å². The van der Waals surface area contributed by atoms with E-state index in [0.29, 0.717) is 0 Å². The second-order valence-corrected chi connectivity index (χ2v) is 5.36. The number of hydrogen-bond donors (Lipinski definition) is 0. The highest BCUT2D eigenvalue weighted by Gasteiger charge is 2.25. The molecule has 0 spiro atoms. The molecule has 1 aliphatic rings. The Kier molecular flexibility index (Phi) is 4.52. The van der Waals surface area contributed by atoms with Crippen molar-refractivity contribution in [3.63, 3.8) is 0 Å². The summed E-state index contributed by atoms with van der Waals surface area (Å²) in [5.41, 5.74) is 0. The molecule has 1 aliphatic heterocycles. The number of hydrogen-bond acceptors (Lipinski definition) is 4. The molecule has 1 aromatic rings. The van der Waals surface area contributed by atoms with Crippen LogP contribution in [0.25, 0.3) is 0 Å². The largest absolute Gasteiger partial charge is 0.352 e. The number of amides is 1. The summed E-state index contributed by atoms with van der Waals surface area (Å²) in [6, 6.07) is 0. The molecule has 0 N–H and O–H groups in total. The second kappa shape index (κ2) is 6.13. The van der Waals surface area contributed by atoms with Gasteiger partial charge in [0.25, 0.3) is 0 Å². The van der Waals surface area contributed by atoms with Gasteiger partial charge in [0.2, 0.25) is 5.91 Å². The van der Waals surface area contributed by atoms with Crippen LogP contribution in [-0.4, -0.2) is 51.8 Å². The Morgan fingerprint density at radius 3 is 2.67 bits per heavy atom. The van der Waals surface area contributed by atoms with Crippen LogP contribution in [0.5, 0.6) is 0 Å². The molecule has 1 fully saturated rings. The van der Waals surface area contributed by atoms with E-state index >= 15 is 0 Å². The molecule has 0 aromatic carbocycles. The Morgan fingerprint density at radius 2 is 2.11 bits per heavy atom. The molecular weight excluding hydrogens is 296 g/mol. The molecule has 0 aliphatic carbocycles. The van der Waals surface area contributed by atoms with Crippen LogP contribution in [0.4, 0.5) is 5.82 Å². The lowest BCUT2D eigenvalue weighted by Crippen LogP contribution is -2.50. The van der Waals surface area contributed by atoms with Crippen LogP contribution in [0.15, 0.2) is 18.6 Å². The summed E-state index contributed by atoms with van der Waals surface area (Å²) in [4.78, 5) is 24.4. The summed E-state index contributed by atoms with van der Waals surface area (Å²) in [7, 11) is 0. The second-order valence-electron chi connectivity index (χ2n) is 4.25. The van der Waals surface area contributed by atoms with E-state index in [2.05, 4.69) is 30.8 Å². The van der Waals surface area contributed by atoms with Crippen LogP contribution < -0.4 is 4.90 Å². The van der Waals surface area contributed by atoms with Crippen molar-refractivity contribution in [2.45, 2.75) is 18.2 Å². The van der Waals surface area contributed by atoms with Gasteiger partial charge < -0.3 is 9.80 Å². The SMILES string of the molecule is CCC(Br)C(=O)N1CCN(c2cnccn2)CC1. The number of rotatable bonds is 3. The number of alkyl halides is 1. The molecule has 6 heteroatoms. The first kappa shape index (κ1) is 13.3. The number of nitrogens with zero attached hydrogens (tertiary/aromatic N) is 4. The molecule has 1 saturated heterocycles. The van der Waals surface area contributed by atoms with E-state index in [4.69, 9.17) is 0 Å². The lowest BCUT2D eigenvalue weighted by Gasteiger charge is -2.36. The number of carbonyl (C=O) groups excluding carboxylic acids is 1. The molecule has 2 rings (SSSR count). The summed E-state index contributed by atoms with van der Waals surface area (Å²) in [6.07, 6.45) is 5.94. The number of anilines is 1. The maximum atomic E-state index is 12.0. The topological polar surface area (TPSA) is 49.3 Å². The number of piperazine rings is 1. The third-order valence-electron chi connectivity index (χ3n) is 3.09. The first-order chi connectivity index (χ1) is 8.72. The molecule has 1 aromatic heterocycles. The Bertz CT molecular complexity index is 392. The Morgan fingerprint density at radius 1 is 1.39 bits per heavy atom. The van der Waals surface area contributed by atoms with E-state index in [1.54, 1.807) is 18.6 Å². The lowest BCUT2D eigenvalue weighted by molar-refractivity contribution is -0.130. The Balaban J connectivity index is 1.90. The summed E-state index contributed by atoms with van der Waals surface area (Å²) in [6.45, 7) is 5.13. The van der Waals surface area contributed by atoms with Crippen molar-refractivity contribution >= 4 is 27.7 Å². The van der Waals surface area contributed by atoms with Gasteiger partial charge >= 0.3 is 0 Å². The predicted octanol–water partition coefficient (Wildman–Crippen LogP) is 1.30. The highest BCUT2D eigenvalue weighted by atomic mass is 79.9. The number of halogens is 1. The third kappa shape index (κ3) is 2.98. The van der Waals surface area contributed by atoms with Gasteiger partial charge in [0.05, 0.1) is 11.0 Å². The normalized spacial score (nSPS) is 17.7. The van der Waals surface area contributed by atoms with Crippen molar-refractivity contribution in [1.29, 1.82) is 0 Å². The summed E-state index contributed by atoms with van der Waals surface area (Å²) < 4.78 is 0. The quantitative estimate of drug-likeness (QED) is 0.789. The average molecular weight is 313 g/mol. The van der Waals surface area contributed by atoms with Gasteiger partial charge in [-0.15, -0.1) is 0 Å². The number of aromatic nitrogens is 2. The van der Waals surface area contributed by atoms with E-state index in [-0.39, 0.29) is 10.7 Å². The molecular formula is C12H17BrN4O. The molecule has 5 nitrogen and oxygen atoms in total. The van der Waals surface area contributed by atoms with Crippen LogP contribution in [0.3, 0.4) is 0 Å². The van der Waals surface area contributed by atoms with Crippen molar-refractivity contribution in [3.05, 3.63) is 18.6 Å². The van der Waals surface area contributed by atoms with Gasteiger partial charge in [0.1, 0.15) is 5.82 Å². The minimum absolute atomic E-state index is 0.0550. The van der Waals surface area contributed by atoms with E-state index in [1.807, 2.05) is 11.8 Å². The molecule has 1 atom stereocenters. The van der Waals surface area contributed by atoms with E-state index < -0.39 is 0 Å². The highest BCUT2D eigenvalue weighted by Crippen LogP contribution is 2.14. The number of carbonyl (C=O) groups is 1. The fourth-order valence-electron chi connectivity index (χ4n) is 1.98. The van der Waals surface area contributed by atoms with Crippen molar-refractivity contribution < 1.29 is 4.79 Å². The molecule has 18 heavy (non-hydrogen) atoms. The zero-order valence-corrected chi connectivity index (χ0v) is 12.0. The highest BCUT2D eigenvalue weighted by molar-refractivity contribution is 9.10. The van der Waals surface area contributed by atoms with Gasteiger partial charge in [-0.3, -0.25) is 9.78 Å². The summed E-state index contributed by atoms with van der Waals surface area (Å²) >= 11 is 3.41. The Labute approximate surface area is 115 Å². The van der Waals surface area contributed by atoms with Crippen LogP contribution >= 0.6 is 15.9 Å². The van der Waals surface area contributed by atoms with Crippen molar-refractivity contribution in [1.82, 2.24) is 14.9 Å². The molecule has 0 saturated carbocycles. The zero-order valence-electron chi connectivity index (χ0n) is 10.4. The van der Waals surface area contributed by atoms with Crippen molar-refractivity contribution in [3.8, 4) is 0 Å². The van der Waals surface area contributed by atoms with E-state index in [1.165, 1.54) is 0 Å². The molecule has 0 bridgehead atoms. The minimum Gasteiger partial charge on any atom is -0.352 e. The smallest absolute Gasteiger partial charge is 0.236 e. The molecule has 1 unspecified atom stereocenters. The lowest BCUT2D eigenvalue weighted by atomic mass is 10.2. The van der Waals surface area contributed by atoms with Gasteiger partial charge in [-0.2, -0.15) is 0 Å². The van der Waals surface area contributed by atoms with Gasteiger partial charge in [-0.1, -0.05) is 22.9 Å². The van der Waals surface area contributed by atoms with Crippen LogP contribution in [0, 0.1) is 0 Å². The van der Waals surface area contributed by atoms with Crippen molar-refractivity contribution in [2.24, 2.45) is 0 Å². The van der Waals surface area contributed by atoms with E-state index in [0.717, 1.165) is 38.4 Å². The average Bonchev–Trinajstić information content (AvgIpc) is 2.47. The van der Waals surface area contributed by atoms with Gasteiger partial charge in [0, 0.05) is 38.6 Å². The van der Waals surface area contributed by atoms with Crippen LogP contribution in [0.1, 0.15) is 13.3 Å².